The van der Waals surface area contributed by atoms with Gasteiger partial charge in [-0.3, -0.25) is 4.79 Å². The average molecular weight is 504 g/mol. The molecule has 33 heavy (non-hydrogen) atoms. The van der Waals surface area contributed by atoms with E-state index in [4.69, 9.17) is 9.72 Å². The number of aryl methyl sites for hydroxylation is 2. The van der Waals surface area contributed by atoms with E-state index in [-0.39, 0.29) is 11.8 Å². The van der Waals surface area contributed by atoms with Crippen LogP contribution in [0.1, 0.15) is 30.1 Å². The second kappa shape index (κ2) is 9.40. The van der Waals surface area contributed by atoms with Crippen molar-refractivity contribution < 1.29 is 9.53 Å². The summed E-state index contributed by atoms with van der Waals surface area (Å²) in [5, 5.41) is 0. The van der Waals surface area contributed by atoms with Crippen LogP contribution in [0.15, 0.2) is 77.3 Å². The van der Waals surface area contributed by atoms with E-state index in [0.29, 0.717) is 19.6 Å². The van der Waals surface area contributed by atoms with E-state index in [9.17, 15) is 4.79 Å². The molecule has 0 saturated carbocycles. The summed E-state index contributed by atoms with van der Waals surface area (Å²) >= 11 is 3.47. The summed E-state index contributed by atoms with van der Waals surface area (Å²) < 4.78 is 9.22. The summed E-state index contributed by atoms with van der Waals surface area (Å²) in [5.41, 5.74) is 4.24. The van der Waals surface area contributed by atoms with E-state index in [0.717, 1.165) is 45.7 Å². The van der Waals surface area contributed by atoms with E-state index in [1.54, 1.807) is 0 Å². The molecule has 1 unspecified atom stereocenters. The lowest BCUT2D eigenvalue weighted by atomic mass is 10.1. The van der Waals surface area contributed by atoms with Crippen molar-refractivity contribution in [1.82, 2.24) is 9.55 Å². The number of hydrogen-bond acceptors (Lipinski definition) is 3. The molecule has 1 fully saturated rings. The van der Waals surface area contributed by atoms with E-state index in [1.807, 2.05) is 59.5 Å². The molecule has 168 valence electrons. The maximum absolute atomic E-state index is 12.9. The monoisotopic (exact) mass is 503 g/mol. The van der Waals surface area contributed by atoms with Crippen molar-refractivity contribution in [3.63, 3.8) is 0 Å². The first-order chi connectivity index (χ1) is 16.1. The number of carbonyl (C=O) groups excluding carboxylic acids is 1. The van der Waals surface area contributed by atoms with Gasteiger partial charge in [0.05, 0.1) is 17.6 Å². The normalized spacial score (nSPS) is 16.0. The summed E-state index contributed by atoms with van der Waals surface area (Å²) in [4.78, 5) is 19.7. The SMILES string of the molecule is Cc1ccc(OCCCn2c(C3CC(=O)N(c4ccc(Br)cc4)C3)nc3ccccc32)cc1. The van der Waals surface area contributed by atoms with Gasteiger partial charge in [0.25, 0.3) is 0 Å². The van der Waals surface area contributed by atoms with E-state index in [2.05, 4.69) is 45.6 Å². The van der Waals surface area contributed by atoms with Gasteiger partial charge in [0.15, 0.2) is 0 Å². The van der Waals surface area contributed by atoms with Gasteiger partial charge in [0.1, 0.15) is 11.6 Å². The molecule has 1 aliphatic heterocycles. The molecule has 0 bridgehead atoms. The molecule has 5 nitrogen and oxygen atoms in total. The predicted molar refractivity (Wildman–Crippen MR) is 135 cm³/mol. The first-order valence-corrected chi connectivity index (χ1v) is 12.1. The Balaban J connectivity index is 1.34. The summed E-state index contributed by atoms with van der Waals surface area (Å²) in [6.07, 6.45) is 1.33. The first kappa shape index (κ1) is 21.7. The van der Waals surface area contributed by atoms with Gasteiger partial charge < -0.3 is 14.2 Å². The zero-order valence-electron chi connectivity index (χ0n) is 18.6. The van der Waals surface area contributed by atoms with Crippen LogP contribution in [0.5, 0.6) is 5.75 Å². The lowest BCUT2D eigenvalue weighted by molar-refractivity contribution is -0.117. The number of nitrogens with zero attached hydrogens (tertiary/aromatic N) is 3. The number of halogens is 1. The largest absolute Gasteiger partial charge is 0.494 e. The van der Waals surface area contributed by atoms with E-state index in [1.165, 1.54) is 5.56 Å². The second-order valence-corrected chi connectivity index (χ2v) is 9.42. The number of rotatable bonds is 7. The highest BCUT2D eigenvalue weighted by atomic mass is 79.9. The van der Waals surface area contributed by atoms with Gasteiger partial charge in [0, 0.05) is 35.6 Å². The number of carbonyl (C=O) groups is 1. The minimum atomic E-state index is 0.0616. The third kappa shape index (κ3) is 4.67. The van der Waals surface area contributed by atoms with E-state index < -0.39 is 0 Å². The standard InChI is InChI=1S/C27H26BrN3O2/c1-19-7-13-23(14-8-19)33-16-4-15-30-25-6-3-2-5-24(25)29-27(30)20-17-26(32)31(18-20)22-11-9-21(28)10-12-22/h2-3,5-14,20H,4,15-18H2,1H3. The second-order valence-electron chi connectivity index (χ2n) is 8.51. The highest BCUT2D eigenvalue weighted by Crippen LogP contribution is 2.33. The fourth-order valence-corrected chi connectivity index (χ4v) is 4.70. The summed E-state index contributed by atoms with van der Waals surface area (Å²) in [7, 11) is 0. The molecule has 5 rings (SSSR count). The van der Waals surface area contributed by atoms with Gasteiger partial charge in [-0.25, -0.2) is 4.98 Å². The maximum Gasteiger partial charge on any atom is 0.227 e. The van der Waals surface area contributed by atoms with Gasteiger partial charge in [-0.1, -0.05) is 45.8 Å². The summed E-state index contributed by atoms with van der Waals surface area (Å²) in [6, 6.07) is 24.2. The van der Waals surface area contributed by atoms with Crippen LogP contribution in [0.4, 0.5) is 5.69 Å². The zero-order valence-corrected chi connectivity index (χ0v) is 20.2. The number of anilines is 1. The van der Waals surface area contributed by atoms with Crippen LogP contribution < -0.4 is 9.64 Å². The molecule has 0 N–H and O–H groups in total. The Morgan fingerprint density at radius 1 is 1.03 bits per heavy atom. The van der Waals surface area contributed by atoms with Crippen LogP contribution in [0.2, 0.25) is 0 Å². The number of fused-ring (bicyclic) bond motifs is 1. The molecular weight excluding hydrogens is 478 g/mol. The Bertz CT molecular complexity index is 1270. The van der Waals surface area contributed by atoms with E-state index >= 15 is 0 Å². The number of benzene rings is 3. The van der Waals surface area contributed by atoms with Crippen molar-refractivity contribution >= 4 is 38.6 Å². The molecular formula is C27H26BrN3O2. The molecule has 2 heterocycles. The van der Waals surface area contributed by atoms with Crippen LogP contribution >= 0.6 is 15.9 Å². The molecule has 0 spiro atoms. The Morgan fingerprint density at radius 3 is 2.58 bits per heavy atom. The van der Waals surface area contributed by atoms with Crippen LogP contribution in [-0.2, 0) is 11.3 Å². The van der Waals surface area contributed by atoms with Crippen molar-refractivity contribution in [1.29, 1.82) is 0 Å². The maximum atomic E-state index is 12.9. The van der Waals surface area contributed by atoms with Gasteiger partial charge in [-0.2, -0.15) is 0 Å². The number of aromatic nitrogens is 2. The number of imidazole rings is 1. The molecule has 1 aliphatic rings. The van der Waals surface area contributed by atoms with Gasteiger partial charge in [-0.15, -0.1) is 0 Å². The Labute approximate surface area is 202 Å². The molecule has 3 aromatic carbocycles. The minimum absolute atomic E-state index is 0.0616. The number of ether oxygens (including phenoxy) is 1. The van der Waals surface area contributed by atoms with Crippen molar-refractivity contribution in [3.8, 4) is 5.75 Å². The lowest BCUT2D eigenvalue weighted by Gasteiger charge is -2.17. The van der Waals surface area contributed by atoms with Crippen molar-refractivity contribution in [3.05, 3.63) is 88.7 Å². The Kier molecular flexibility index (Phi) is 6.18. The fourth-order valence-electron chi connectivity index (χ4n) is 4.44. The topological polar surface area (TPSA) is 47.4 Å². The summed E-state index contributed by atoms with van der Waals surface area (Å²) in [5.74, 6) is 2.08. The van der Waals surface area contributed by atoms with Crippen molar-refractivity contribution in [2.75, 3.05) is 18.1 Å². The average Bonchev–Trinajstić information content (AvgIpc) is 3.39. The van der Waals surface area contributed by atoms with Crippen LogP contribution in [0.25, 0.3) is 11.0 Å². The molecule has 0 aliphatic carbocycles. The fraction of sp³-hybridized carbons (Fsp3) is 0.259. The predicted octanol–water partition coefficient (Wildman–Crippen LogP) is 6.10. The van der Waals surface area contributed by atoms with Crippen LogP contribution in [0.3, 0.4) is 0 Å². The minimum Gasteiger partial charge on any atom is -0.494 e. The first-order valence-electron chi connectivity index (χ1n) is 11.3. The number of amides is 1. The molecule has 1 atom stereocenters. The van der Waals surface area contributed by atoms with Gasteiger partial charge in [0.2, 0.25) is 5.91 Å². The Hall–Kier alpha value is -3.12. The quantitative estimate of drug-likeness (QED) is 0.286. The molecule has 1 aromatic heterocycles. The van der Waals surface area contributed by atoms with Crippen molar-refractivity contribution in [2.24, 2.45) is 0 Å². The number of para-hydroxylation sites is 2. The van der Waals surface area contributed by atoms with Gasteiger partial charge >= 0.3 is 0 Å². The molecule has 6 heteroatoms. The highest BCUT2D eigenvalue weighted by Gasteiger charge is 2.34. The van der Waals surface area contributed by atoms with Crippen LogP contribution in [0, 0.1) is 6.92 Å². The zero-order chi connectivity index (χ0) is 22.8. The Morgan fingerprint density at radius 2 is 1.79 bits per heavy atom. The number of hydrogen-bond donors (Lipinski definition) is 0. The molecule has 0 radical (unpaired) electrons. The molecule has 1 saturated heterocycles. The lowest BCUT2D eigenvalue weighted by Crippen LogP contribution is -2.24. The molecule has 4 aromatic rings. The van der Waals surface area contributed by atoms with Gasteiger partial charge in [-0.05, 0) is 61.9 Å². The third-order valence-corrected chi connectivity index (χ3v) is 6.66. The highest BCUT2D eigenvalue weighted by molar-refractivity contribution is 9.10. The molecule has 1 amide bonds. The third-order valence-electron chi connectivity index (χ3n) is 6.13. The summed E-state index contributed by atoms with van der Waals surface area (Å²) in [6.45, 7) is 4.14. The smallest absolute Gasteiger partial charge is 0.227 e. The van der Waals surface area contributed by atoms with Crippen molar-refractivity contribution in [2.45, 2.75) is 32.2 Å². The van der Waals surface area contributed by atoms with Crippen LogP contribution in [-0.4, -0.2) is 28.6 Å².